The zero-order chi connectivity index (χ0) is 20.7. The highest BCUT2D eigenvalue weighted by Gasteiger charge is 2.22. The molecule has 1 amide bonds. The number of esters is 1. The molecule has 0 bridgehead atoms. The summed E-state index contributed by atoms with van der Waals surface area (Å²) >= 11 is 0. The highest BCUT2D eigenvalue weighted by atomic mass is 32.2. The Kier molecular flexibility index (Phi) is 7.11. The number of carbonyl (C=O) groups is 2. The first-order chi connectivity index (χ1) is 13.3. The Labute approximate surface area is 164 Å². The van der Waals surface area contributed by atoms with Crippen molar-refractivity contribution in [3.63, 3.8) is 0 Å². The van der Waals surface area contributed by atoms with E-state index in [9.17, 15) is 18.0 Å². The van der Waals surface area contributed by atoms with E-state index in [0.29, 0.717) is 17.8 Å². The Hall–Kier alpha value is -2.94. The van der Waals surface area contributed by atoms with E-state index in [1.807, 2.05) is 0 Å². The molecule has 150 valence electrons. The summed E-state index contributed by atoms with van der Waals surface area (Å²) in [5.41, 5.74) is 0.728. The van der Waals surface area contributed by atoms with Gasteiger partial charge in [0.15, 0.2) is 0 Å². The van der Waals surface area contributed by atoms with Crippen molar-refractivity contribution in [2.75, 3.05) is 24.9 Å². The third-order valence-corrected chi connectivity index (χ3v) is 5.51. The molecule has 1 unspecified atom stereocenters. The summed E-state index contributed by atoms with van der Waals surface area (Å²) in [5.74, 6) is -1.14. The Morgan fingerprint density at radius 3 is 2.29 bits per heavy atom. The molecule has 28 heavy (non-hydrogen) atoms. The van der Waals surface area contributed by atoms with Gasteiger partial charge in [0.2, 0.25) is 0 Å². The van der Waals surface area contributed by atoms with E-state index in [2.05, 4.69) is 9.71 Å². The maximum atomic E-state index is 12.7. The third-order valence-electron chi connectivity index (χ3n) is 4.11. The zero-order valence-electron chi connectivity index (χ0n) is 16.0. The Bertz CT molecular complexity index is 914. The first kappa shape index (κ1) is 21.4. The average Bonchev–Trinajstić information content (AvgIpc) is 2.71. The lowest BCUT2D eigenvalue weighted by Gasteiger charge is -2.23. The highest BCUT2D eigenvalue weighted by molar-refractivity contribution is 7.92. The minimum Gasteiger partial charge on any atom is -0.469 e. The average molecular weight is 405 g/mol. The second-order valence-electron chi connectivity index (χ2n) is 6.13. The summed E-state index contributed by atoms with van der Waals surface area (Å²) in [6.45, 7) is 4.11. The minimum atomic E-state index is -3.78. The fourth-order valence-electron chi connectivity index (χ4n) is 2.56. The van der Waals surface area contributed by atoms with Gasteiger partial charge in [0.1, 0.15) is 0 Å². The van der Waals surface area contributed by atoms with Crippen LogP contribution in [0.5, 0.6) is 0 Å². The largest absolute Gasteiger partial charge is 0.469 e. The van der Waals surface area contributed by atoms with Crippen LogP contribution in [-0.4, -0.2) is 50.4 Å². The van der Waals surface area contributed by atoms with Gasteiger partial charge in [-0.1, -0.05) is 6.92 Å². The van der Waals surface area contributed by atoms with Crippen molar-refractivity contribution in [1.82, 2.24) is 9.88 Å². The van der Waals surface area contributed by atoms with E-state index in [1.54, 1.807) is 13.8 Å². The number of nitrogens with zero attached hydrogens (tertiary/aromatic N) is 2. The second kappa shape index (κ2) is 9.32. The zero-order valence-corrected chi connectivity index (χ0v) is 16.8. The van der Waals surface area contributed by atoms with Crippen LogP contribution in [0.2, 0.25) is 0 Å². The van der Waals surface area contributed by atoms with Crippen molar-refractivity contribution in [2.24, 2.45) is 5.92 Å². The van der Waals surface area contributed by atoms with Gasteiger partial charge in [-0.25, -0.2) is 8.42 Å². The first-order valence-corrected chi connectivity index (χ1v) is 10.2. The predicted octanol–water partition coefficient (Wildman–Crippen LogP) is 2.15. The van der Waals surface area contributed by atoms with E-state index in [-0.39, 0.29) is 17.3 Å². The van der Waals surface area contributed by atoms with Crippen LogP contribution in [0, 0.1) is 5.92 Å². The summed E-state index contributed by atoms with van der Waals surface area (Å²) in [6, 6.07) is 8.72. The van der Waals surface area contributed by atoms with Crippen molar-refractivity contribution in [3.05, 3.63) is 54.4 Å². The van der Waals surface area contributed by atoms with Crippen LogP contribution in [-0.2, 0) is 19.6 Å². The molecule has 0 saturated heterocycles. The van der Waals surface area contributed by atoms with Gasteiger partial charge in [-0.15, -0.1) is 0 Å². The summed E-state index contributed by atoms with van der Waals surface area (Å²) in [5, 5.41) is 0. The van der Waals surface area contributed by atoms with Gasteiger partial charge in [0.05, 0.1) is 23.6 Å². The number of sulfonamides is 1. The van der Waals surface area contributed by atoms with Gasteiger partial charge in [-0.2, -0.15) is 0 Å². The number of anilines is 1. The van der Waals surface area contributed by atoms with E-state index in [1.165, 1.54) is 60.8 Å². The number of nitrogens with one attached hydrogen (secondary N) is 1. The highest BCUT2D eigenvalue weighted by Crippen LogP contribution is 2.17. The SMILES string of the molecule is CCN(CC(C)C(=O)OC)C(=O)c1ccc(S(=O)(=O)Nc2ccncc2)cc1. The maximum Gasteiger partial charge on any atom is 0.310 e. The predicted molar refractivity (Wildman–Crippen MR) is 104 cm³/mol. The lowest BCUT2D eigenvalue weighted by molar-refractivity contribution is -0.145. The lowest BCUT2D eigenvalue weighted by atomic mass is 10.1. The fourth-order valence-corrected chi connectivity index (χ4v) is 3.61. The number of hydrogen-bond acceptors (Lipinski definition) is 6. The molecule has 0 saturated carbocycles. The lowest BCUT2D eigenvalue weighted by Crippen LogP contribution is -2.37. The molecule has 2 aromatic rings. The molecule has 1 heterocycles. The van der Waals surface area contributed by atoms with Crippen LogP contribution in [0.4, 0.5) is 5.69 Å². The van der Waals surface area contributed by atoms with Gasteiger partial charge in [0.25, 0.3) is 15.9 Å². The third kappa shape index (κ3) is 5.29. The Morgan fingerprint density at radius 2 is 1.75 bits per heavy atom. The summed E-state index contributed by atoms with van der Waals surface area (Å²) < 4.78 is 32.0. The van der Waals surface area contributed by atoms with E-state index < -0.39 is 21.9 Å². The van der Waals surface area contributed by atoms with Gasteiger partial charge in [0, 0.05) is 31.0 Å². The molecule has 2 rings (SSSR count). The van der Waals surface area contributed by atoms with E-state index in [0.717, 1.165) is 0 Å². The molecule has 0 aliphatic rings. The van der Waals surface area contributed by atoms with Crippen LogP contribution in [0.3, 0.4) is 0 Å². The van der Waals surface area contributed by atoms with E-state index in [4.69, 9.17) is 4.74 Å². The molecule has 1 aromatic carbocycles. The number of ether oxygens (including phenoxy) is 1. The van der Waals surface area contributed by atoms with Gasteiger partial charge in [-0.05, 0) is 43.3 Å². The fraction of sp³-hybridized carbons (Fsp3) is 0.316. The summed E-state index contributed by atoms with van der Waals surface area (Å²) in [4.78, 5) is 29.6. The van der Waals surface area contributed by atoms with Crippen molar-refractivity contribution in [2.45, 2.75) is 18.7 Å². The van der Waals surface area contributed by atoms with Crippen LogP contribution in [0.15, 0.2) is 53.7 Å². The Balaban J connectivity index is 2.14. The molecule has 1 atom stereocenters. The quantitative estimate of drug-likeness (QED) is 0.675. The molecule has 0 fully saturated rings. The monoisotopic (exact) mass is 405 g/mol. The number of rotatable bonds is 8. The van der Waals surface area contributed by atoms with Crippen LogP contribution >= 0.6 is 0 Å². The van der Waals surface area contributed by atoms with Crippen molar-refractivity contribution in [1.29, 1.82) is 0 Å². The molecule has 0 spiro atoms. The number of aromatic nitrogens is 1. The number of benzene rings is 1. The molecule has 8 nitrogen and oxygen atoms in total. The van der Waals surface area contributed by atoms with Crippen LogP contribution in [0.25, 0.3) is 0 Å². The van der Waals surface area contributed by atoms with Crippen LogP contribution < -0.4 is 4.72 Å². The standard InChI is InChI=1S/C19H23N3O5S/c1-4-22(13-14(2)19(24)27-3)18(23)15-5-7-17(8-6-15)28(25,26)21-16-9-11-20-12-10-16/h5-12,14H,4,13H2,1-3H3,(H,20,21). The topological polar surface area (TPSA) is 106 Å². The van der Waals surface area contributed by atoms with Gasteiger partial charge < -0.3 is 9.64 Å². The van der Waals surface area contributed by atoms with Crippen molar-refractivity contribution >= 4 is 27.6 Å². The van der Waals surface area contributed by atoms with Crippen LogP contribution in [0.1, 0.15) is 24.2 Å². The van der Waals surface area contributed by atoms with Crippen molar-refractivity contribution in [3.8, 4) is 0 Å². The molecular formula is C19H23N3O5S. The molecule has 1 aromatic heterocycles. The van der Waals surface area contributed by atoms with Gasteiger partial charge >= 0.3 is 5.97 Å². The first-order valence-electron chi connectivity index (χ1n) is 8.68. The maximum absolute atomic E-state index is 12.7. The summed E-state index contributed by atoms with van der Waals surface area (Å²) in [7, 11) is -2.48. The number of pyridine rings is 1. The van der Waals surface area contributed by atoms with E-state index >= 15 is 0 Å². The smallest absolute Gasteiger partial charge is 0.310 e. The number of hydrogen-bond donors (Lipinski definition) is 1. The molecule has 1 N–H and O–H groups in total. The molecule has 0 radical (unpaired) electrons. The molecule has 0 aliphatic heterocycles. The number of methoxy groups -OCH3 is 1. The Morgan fingerprint density at radius 1 is 1.14 bits per heavy atom. The number of amides is 1. The molecular weight excluding hydrogens is 382 g/mol. The number of carbonyl (C=O) groups excluding carboxylic acids is 2. The van der Waals surface area contributed by atoms with Crippen molar-refractivity contribution < 1.29 is 22.7 Å². The summed E-state index contributed by atoms with van der Waals surface area (Å²) in [6.07, 6.45) is 2.96. The minimum absolute atomic E-state index is 0.0341. The molecule has 9 heteroatoms. The normalized spacial score (nSPS) is 12.1. The second-order valence-corrected chi connectivity index (χ2v) is 7.82. The molecule has 0 aliphatic carbocycles. The van der Waals surface area contributed by atoms with Gasteiger partial charge in [-0.3, -0.25) is 19.3 Å².